The zero-order chi connectivity index (χ0) is 8.72. The molecule has 0 aliphatic carbocycles. The first kappa shape index (κ1) is 7.49. The Morgan fingerprint density at radius 1 is 1.75 bits per heavy atom. The van der Waals surface area contributed by atoms with Gasteiger partial charge in [-0.05, 0) is 9.39 Å². The minimum atomic E-state index is 0.307. The van der Waals surface area contributed by atoms with E-state index in [9.17, 15) is 4.91 Å². The Bertz CT molecular complexity index is 490. The van der Waals surface area contributed by atoms with Crippen LogP contribution in [0, 0.1) is 4.91 Å². The van der Waals surface area contributed by atoms with Crippen molar-refractivity contribution in [3.8, 4) is 0 Å². The fraction of sp³-hybridized carbons (Fsp3) is 0. The van der Waals surface area contributed by atoms with Crippen molar-refractivity contribution in [2.75, 3.05) is 0 Å². The first-order chi connectivity index (χ1) is 5.68. The van der Waals surface area contributed by atoms with Gasteiger partial charge in [0.25, 0.3) is 0 Å². The van der Waals surface area contributed by atoms with Crippen LogP contribution in [-0.4, -0.2) is 22.4 Å². The average Bonchev–Trinajstić information content (AvgIpc) is 2.33. The van der Waals surface area contributed by atoms with Crippen LogP contribution in [-0.2, 0) is 0 Å². The normalized spacial score (nSPS) is 10.8. The SMILES string of the molecule is [B]c1c[n+](=O)c2cnn(P)c2[nH]1. The van der Waals surface area contributed by atoms with Crippen LogP contribution in [0.25, 0.3) is 11.2 Å². The molecule has 1 unspecified atom stereocenters. The Kier molecular flexibility index (Phi) is 1.51. The van der Waals surface area contributed by atoms with E-state index in [0.717, 1.165) is 0 Å². The summed E-state index contributed by atoms with van der Waals surface area (Å²) in [6, 6.07) is 0. The Labute approximate surface area is 71.1 Å². The van der Waals surface area contributed by atoms with Crippen molar-refractivity contribution < 1.29 is 4.43 Å². The smallest absolute Gasteiger partial charge is 0.324 e. The number of rotatable bonds is 0. The number of aromatic amines is 1. The van der Waals surface area contributed by atoms with E-state index in [2.05, 4.69) is 19.5 Å². The molecule has 2 rings (SSSR count). The van der Waals surface area contributed by atoms with Crippen LogP contribution < -0.4 is 10.0 Å². The largest absolute Gasteiger partial charge is 0.342 e. The third kappa shape index (κ3) is 0.957. The van der Waals surface area contributed by atoms with Crippen molar-refractivity contribution in [2.24, 2.45) is 0 Å². The molecule has 7 heteroatoms. The van der Waals surface area contributed by atoms with Crippen molar-refractivity contribution >= 4 is 34.0 Å². The second-order valence-electron chi connectivity index (χ2n) is 2.36. The average molecular weight is 179 g/mol. The molecule has 0 aliphatic heterocycles. The van der Waals surface area contributed by atoms with Crippen LogP contribution in [0.2, 0.25) is 0 Å². The minimum absolute atomic E-state index is 0.307. The summed E-state index contributed by atoms with van der Waals surface area (Å²) in [6.45, 7) is 0. The minimum Gasteiger partial charge on any atom is -0.342 e. The van der Waals surface area contributed by atoms with Crippen LogP contribution in [0.3, 0.4) is 0 Å². The first-order valence-corrected chi connectivity index (χ1v) is 3.74. The Morgan fingerprint density at radius 3 is 3.25 bits per heavy atom. The summed E-state index contributed by atoms with van der Waals surface area (Å²) in [5.41, 5.74) is 1.34. The van der Waals surface area contributed by atoms with Gasteiger partial charge in [0.05, 0.1) is 4.43 Å². The molecule has 1 atom stereocenters. The highest BCUT2D eigenvalue weighted by molar-refractivity contribution is 7.14. The Balaban J connectivity index is 3.03. The highest BCUT2D eigenvalue weighted by Crippen LogP contribution is 2.05. The van der Waals surface area contributed by atoms with Gasteiger partial charge in [-0.2, -0.15) is 5.10 Å². The lowest BCUT2D eigenvalue weighted by atomic mass is 10.1. The summed E-state index contributed by atoms with van der Waals surface area (Å²) in [5, 5.41) is 3.87. The van der Waals surface area contributed by atoms with Crippen LogP contribution >= 0.6 is 9.39 Å². The monoisotopic (exact) mass is 179 g/mol. The molecule has 0 aliphatic rings. The predicted molar refractivity (Wildman–Crippen MR) is 47.9 cm³/mol. The molecule has 0 saturated carbocycles. The molecule has 0 spiro atoms. The predicted octanol–water partition coefficient (Wildman–Crippen LogP) is -1.29. The fourth-order valence-corrected chi connectivity index (χ4v) is 1.26. The molecule has 2 radical (unpaired) electrons. The second kappa shape index (κ2) is 2.42. The van der Waals surface area contributed by atoms with Crippen molar-refractivity contribution in [1.82, 2.24) is 14.5 Å². The van der Waals surface area contributed by atoms with Crippen molar-refractivity contribution in [1.29, 1.82) is 0 Å². The summed E-state index contributed by atoms with van der Waals surface area (Å²) in [7, 11) is 7.77. The van der Waals surface area contributed by atoms with Gasteiger partial charge in [-0.25, -0.2) is 4.45 Å². The van der Waals surface area contributed by atoms with Crippen molar-refractivity contribution in [3.05, 3.63) is 17.3 Å². The number of nitrogens with one attached hydrogen (secondary N) is 1. The lowest BCUT2D eigenvalue weighted by Gasteiger charge is -1.90. The maximum Gasteiger partial charge on any atom is 0.324 e. The van der Waals surface area contributed by atoms with E-state index in [1.54, 1.807) is 0 Å². The zero-order valence-electron chi connectivity index (χ0n) is 6.06. The van der Waals surface area contributed by atoms with E-state index in [-0.39, 0.29) is 0 Å². The summed E-state index contributed by atoms with van der Waals surface area (Å²) in [5.74, 6) is 0. The third-order valence-electron chi connectivity index (χ3n) is 1.53. The molecular formula is C5H5BN4OP+. The van der Waals surface area contributed by atoms with Gasteiger partial charge in [0.1, 0.15) is 14.0 Å². The number of aromatic nitrogens is 4. The van der Waals surface area contributed by atoms with E-state index in [0.29, 0.717) is 21.2 Å². The van der Waals surface area contributed by atoms with Gasteiger partial charge in [0, 0.05) is 10.5 Å². The maximum absolute atomic E-state index is 11.2. The standard InChI is InChI=1S/C5H5BN4OP/c6-4-2-9(11)3-1-7-10(12)5(3)8-4/h1-2H,12H2,(H,8,11)/q+1. The lowest BCUT2D eigenvalue weighted by molar-refractivity contribution is -0.463. The van der Waals surface area contributed by atoms with Gasteiger partial charge >= 0.3 is 5.52 Å². The molecule has 5 nitrogen and oxygen atoms in total. The van der Waals surface area contributed by atoms with Crippen LogP contribution in [0.4, 0.5) is 0 Å². The van der Waals surface area contributed by atoms with E-state index >= 15 is 0 Å². The molecular weight excluding hydrogens is 174 g/mol. The van der Waals surface area contributed by atoms with Crippen LogP contribution in [0.5, 0.6) is 0 Å². The van der Waals surface area contributed by atoms with Crippen molar-refractivity contribution in [2.45, 2.75) is 0 Å². The molecule has 0 saturated heterocycles. The third-order valence-corrected chi connectivity index (χ3v) is 1.92. The summed E-state index contributed by atoms with van der Waals surface area (Å²) < 4.78 is 2.15. The number of hydrogen-bond donors (Lipinski definition) is 1. The van der Waals surface area contributed by atoms with Gasteiger partial charge in [0.2, 0.25) is 11.8 Å². The summed E-state index contributed by atoms with van der Waals surface area (Å²) in [4.78, 5) is 14.0. The summed E-state index contributed by atoms with van der Waals surface area (Å²) >= 11 is 0. The fourth-order valence-electron chi connectivity index (χ4n) is 1.00. The highest BCUT2D eigenvalue weighted by Gasteiger charge is 2.11. The van der Waals surface area contributed by atoms with Gasteiger partial charge in [0.15, 0.2) is 0 Å². The van der Waals surface area contributed by atoms with Gasteiger partial charge in [-0.15, -0.1) is 0 Å². The second-order valence-corrected chi connectivity index (χ2v) is 2.85. The number of fused-ring (bicyclic) bond motifs is 1. The molecule has 2 aromatic rings. The van der Waals surface area contributed by atoms with Gasteiger partial charge < -0.3 is 4.98 Å². The quantitative estimate of drug-likeness (QED) is 0.310. The molecule has 0 amide bonds. The molecule has 58 valence electrons. The van der Waals surface area contributed by atoms with Crippen LogP contribution in [0.15, 0.2) is 12.4 Å². The molecule has 0 fully saturated rings. The first-order valence-electron chi connectivity index (χ1n) is 3.22. The molecule has 1 N–H and O–H groups in total. The van der Waals surface area contributed by atoms with E-state index < -0.39 is 0 Å². The zero-order valence-corrected chi connectivity index (χ0v) is 7.21. The van der Waals surface area contributed by atoms with Gasteiger partial charge in [-0.3, -0.25) is 0 Å². The van der Waals surface area contributed by atoms with E-state index in [1.165, 1.54) is 16.8 Å². The van der Waals surface area contributed by atoms with E-state index in [4.69, 9.17) is 7.85 Å². The lowest BCUT2D eigenvalue weighted by Crippen LogP contribution is -2.24. The van der Waals surface area contributed by atoms with Crippen LogP contribution in [0.1, 0.15) is 0 Å². The number of H-pyrrole nitrogens is 1. The Hall–Kier alpha value is -1.16. The number of nitrogens with zero attached hydrogens (tertiary/aromatic N) is 3. The number of hydrogen-bond acceptors (Lipinski definition) is 2. The molecule has 12 heavy (non-hydrogen) atoms. The molecule has 0 bridgehead atoms. The topological polar surface area (TPSA) is 56.6 Å². The summed E-state index contributed by atoms with van der Waals surface area (Å²) in [6.07, 6.45) is 2.72. The van der Waals surface area contributed by atoms with E-state index in [1.807, 2.05) is 0 Å². The Morgan fingerprint density at radius 2 is 2.50 bits per heavy atom. The molecule has 2 heterocycles. The highest BCUT2D eigenvalue weighted by atomic mass is 31.0. The van der Waals surface area contributed by atoms with Crippen molar-refractivity contribution in [3.63, 3.8) is 0 Å². The maximum atomic E-state index is 11.2. The molecule has 2 aromatic heterocycles. The van der Waals surface area contributed by atoms with Gasteiger partial charge in [-0.1, -0.05) is 0 Å². The molecule has 0 aromatic carbocycles.